The van der Waals surface area contributed by atoms with Gasteiger partial charge in [-0.15, -0.1) is 0 Å². The zero-order chi connectivity index (χ0) is 27.3. The fourth-order valence-electron chi connectivity index (χ4n) is 3.37. The second-order valence-corrected chi connectivity index (χ2v) is 12.1. The van der Waals surface area contributed by atoms with Gasteiger partial charge >= 0.3 is 0 Å². The monoisotopic (exact) mass is 590 g/mol. The van der Waals surface area contributed by atoms with Gasteiger partial charge in [0.1, 0.15) is 6.54 Å². The van der Waals surface area contributed by atoms with E-state index in [2.05, 4.69) is 15.0 Å². The van der Waals surface area contributed by atoms with Crippen LogP contribution in [0, 0.1) is 0 Å². The number of carbonyl (C=O) groups excluding carboxylic acids is 1. The summed E-state index contributed by atoms with van der Waals surface area (Å²) in [7, 11) is -8.08. The number of carbonyl (C=O) groups is 1. The Morgan fingerprint density at radius 2 is 1.53 bits per heavy atom. The fraction of sp³-hybridized carbons (Fsp3) is 0.0400. The lowest BCUT2D eigenvalue weighted by Crippen LogP contribution is -2.38. The Kier molecular flexibility index (Phi) is 8.22. The zero-order valence-electron chi connectivity index (χ0n) is 19.5. The quantitative estimate of drug-likeness (QED) is 0.282. The number of anilines is 3. The minimum absolute atomic E-state index is 0.0125. The highest BCUT2D eigenvalue weighted by Crippen LogP contribution is 2.31. The van der Waals surface area contributed by atoms with Crippen LogP contribution in [0.1, 0.15) is 0 Å². The van der Waals surface area contributed by atoms with E-state index in [-0.39, 0.29) is 36.9 Å². The average molecular weight is 591 g/mol. The van der Waals surface area contributed by atoms with Gasteiger partial charge in [-0.3, -0.25) is 18.8 Å². The number of benzene rings is 3. The van der Waals surface area contributed by atoms with Crippen LogP contribution >= 0.6 is 23.2 Å². The van der Waals surface area contributed by atoms with Crippen LogP contribution in [0.2, 0.25) is 10.0 Å². The van der Waals surface area contributed by atoms with E-state index in [4.69, 9.17) is 23.2 Å². The molecule has 0 saturated heterocycles. The fourth-order valence-corrected chi connectivity index (χ4v) is 6.27. The summed E-state index contributed by atoms with van der Waals surface area (Å²) < 4.78 is 55.4. The number of nitrogens with one attached hydrogen (secondary N) is 2. The summed E-state index contributed by atoms with van der Waals surface area (Å²) in [4.78, 5) is 16.8. The number of pyridine rings is 1. The summed E-state index contributed by atoms with van der Waals surface area (Å²) in [6, 6.07) is 20.7. The van der Waals surface area contributed by atoms with Crippen molar-refractivity contribution < 1.29 is 21.6 Å². The van der Waals surface area contributed by atoms with E-state index in [1.54, 1.807) is 30.3 Å². The van der Waals surface area contributed by atoms with Crippen molar-refractivity contribution in [2.45, 2.75) is 9.79 Å². The Morgan fingerprint density at radius 3 is 2.18 bits per heavy atom. The van der Waals surface area contributed by atoms with Crippen LogP contribution in [-0.4, -0.2) is 34.3 Å². The van der Waals surface area contributed by atoms with Crippen molar-refractivity contribution in [3.05, 3.63) is 107 Å². The third kappa shape index (κ3) is 6.25. The van der Waals surface area contributed by atoms with E-state index in [0.29, 0.717) is 0 Å². The van der Waals surface area contributed by atoms with Gasteiger partial charge in [0, 0.05) is 11.9 Å². The minimum Gasteiger partial charge on any atom is -0.325 e. The third-order valence-electron chi connectivity index (χ3n) is 5.20. The Morgan fingerprint density at radius 1 is 0.816 bits per heavy atom. The van der Waals surface area contributed by atoms with Gasteiger partial charge in [-0.1, -0.05) is 47.5 Å². The first-order valence-corrected chi connectivity index (χ1v) is 14.6. The van der Waals surface area contributed by atoms with Gasteiger partial charge in [0.05, 0.1) is 37.4 Å². The molecule has 38 heavy (non-hydrogen) atoms. The second-order valence-electron chi connectivity index (χ2n) is 7.82. The topological polar surface area (TPSA) is 126 Å². The molecule has 4 aromatic rings. The standard InChI is InChI=1S/C25H20Cl2N4O5S2/c26-22-9-4-10-23(25(22)27)30-37(33,34)20-13-11-18(12-14-20)29-24(32)17-31(19-6-5-15-28-16-19)38(35,36)21-7-2-1-3-8-21/h1-16,30H,17H2,(H,29,32). The molecule has 0 radical (unpaired) electrons. The molecule has 2 N–H and O–H groups in total. The number of amides is 1. The molecule has 0 fully saturated rings. The summed E-state index contributed by atoms with van der Waals surface area (Å²) in [5.41, 5.74) is 0.586. The summed E-state index contributed by atoms with van der Waals surface area (Å²) in [6.45, 7) is -0.544. The first-order valence-electron chi connectivity index (χ1n) is 10.9. The molecule has 0 saturated carbocycles. The highest BCUT2D eigenvalue weighted by atomic mass is 35.5. The van der Waals surface area contributed by atoms with Gasteiger partial charge in [-0.2, -0.15) is 0 Å². The average Bonchev–Trinajstić information content (AvgIpc) is 2.91. The molecular weight excluding hydrogens is 571 g/mol. The molecule has 4 rings (SSSR count). The molecule has 0 aliphatic carbocycles. The molecule has 0 atom stereocenters. The number of sulfonamides is 2. The maximum Gasteiger partial charge on any atom is 0.264 e. The molecule has 0 spiro atoms. The molecule has 0 bridgehead atoms. The van der Waals surface area contributed by atoms with Crippen molar-refractivity contribution in [2.24, 2.45) is 0 Å². The van der Waals surface area contributed by atoms with Gasteiger partial charge in [0.15, 0.2) is 0 Å². The van der Waals surface area contributed by atoms with Gasteiger partial charge in [0.25, 0.3) is 20.0 Å². The smallest absolute Gasteiger partial charge is 0.264 e. The Balaban J connectivity index is 1.51. The van der Waals surface area contributed by atoms with E-state index in [1.165, 1.54) is 67.0 Å². The number of rotatable bonds is 9. The van der Waals surface area contributed by atoms with Crippen LogP contribution in [0.5, 0.6) is 0 Å². The predicted molar refractivity (Wildman–Crippen MR) is 148 cm³/mol. The van der Waals surface area contributed by atoms with Crippen LogP contribution in [0.25, 0.3) is 0 Å². The number of hydrogen-bond donors (Lipinski definition) is 2. The Hall–Kier alpha value is -3.64. The number of hydrogen-bond acceptors (Lipinski definition) is 6. The summed E-state index contributed by atoms with van der Waals surface area (Å²) >= 11 is 12.0. The minimum atomic E-state index is -4.08. The number of aromatic nitrogens is 1. The van der Waals surface area contributed by atoms with Crippen molar-refractivity contribution >= 4 is 66.2 Å². The van der Waals surface area contributed by atoms with Gasteiger partial charge in [-0.25, -0.2) is 16.8 Å². The van der Waals surface area contributed by atoms with Crippen molar-refractivity contribution in [3.8, 4) is 0 Å². The van der Waals surface area contributed by atoms with Crippen molar-refractivity contribution in [1.29, 1.82) is 0 Å². The van der Waals surface area contributed by atoms with Gasteiger partial charge in [-0.05, 0) is 60.7 Å². The summed E-state index contributed by atoms with van der Waals surface area (Å²) in [5, 5.41) is 2.85. The largest absolute Gasteiger partial charge is 0.325 e. The molecule has 9 nitrogen and oxygen atoms in total. The lowest BCUT2D eigenvalue weighted by Gasteiger charge is -2.23. The Labute approximate surface area is 230 Å². The summed E-state index contributed by atoms with van der Waals surface area (Å²) in [6.07, 6.45) is 2.83. The lowest BCUT2D eigenvalue weighted by molar-refractivity contribution is -0.114. The van der Waals surface area contributed by atoms with Crippen LogP contribution in [-0.2, 0) is 24.8 Å². The first-order chi connectivity index (χ1) is 18.1. The van der Waals surface area contributed by atoms with E-state index < -0.39 is 32.5 Å². The zero-order valence-corrected chi connectivity index (χ0v) is 22.6. The highest BCUT2D eigenvalue weighted by molar-refractivity contribution is 7.93. The third-order valence-corrected chi connectivity index (χ3v) is 9.19. The predicted octanol–water partition coefficient (Wildman–Crippen LogP) is 5.02. The first kappa shape index (κ1) is 27.4. The molecule has 13 heteroatoms. The maximum atomic E-state index is 13.3. The second kappa shape index (κ2) is 11.4. The molecule has 0 aliphatic rings. The van der Waals surface area contributed by atoms with Gasteiger partial charge < -0.3 is 5.32 Å². The number of nitrogens with zero attached hydrogens (tertiary/aromatic N) is 2. The van der Waals surface area contributed by atoms with Crippen LogP contribution in [0.3, 0.4) is 0 Å². The molecular formula is C25H20Cl2N4O5S2. The van der Waals surface area contributed by atoms with Crippen molar-refractivity contribution in [3.63, 3.8) is 0 Å². The molecule has 0 unspecified atom stereocenters. The molecule has 196 valence electrons. The summed E-state index contributed by atoms with van der Waals surface area (Å²) in [5.74, 6) is -0.646. The molecule has 1 amide bonds. The molecule has 1 aromatic heterocycles. The van der Waals surface area contributed by atoms with Crippen LogP contribution < -0.4 is 14.3 Å². The van der Waals surface area contributed by atoms with Crippen LogP contribution in [0.15, 0.2) is 107 Å². The van der Waals surface area contributed by atoms with E-state index in [1.807, 2.05) is 0 Å². The van der Waals surface area contributed by atoms with E-state index in [9.17, 15) is 21.6 Å². The molecule has 3 aromatic carbocycles. The normalized spacial score (nSPS) is 11.5. The number of halogens is 2. The van der Waals surface area contributed by atoms with E-state index in [0.717, 1.165) is 4.31 Å². The maximum absolute atomic E-state index is 13.3. The molecule has 0 aliphatic heterocycles. The Bertz CT molecular complexity index is 1650. The highest BCUT2D eigenvalue weighted by Gasteiger charge is 2.27. The van der Waals surface area contributed by atoms with Crippen molar-refractivity contribution in [2.75, 3.05) is 20.9 Å². The van der Waals surface area contributed by atoms with E-state index >= 15 is 0 Å². The SMILES string of the molecule is O=C(CN(c1cccnc1)S(=O)(=O)c1ccccc1)Nc1ccc(S(=O)(=O)Nc2cccc(Cl)c2Cl)cc1. The van der Waals surface area contributed by atoms with Crippen molar-refractivity contribution in [1.82, 2.24) is 4.98 Å². The van der Waals surface area contributed by atoms with Crippen LogP contribution in [0.4, 0.5) is 17.1 Å². The lowest BCUT2D eigenvalue weighted by atomic mass is 10.3. The van der Waals surface area contributed by atoms with Gasteiger partial charge in [0.2, 0.25) is 5.91 Å². The molecule has 1 heterocycles.